The zero-order chi connectivity index (χ0) is 19.6. The highest BCUT2D eigenvalue weighted by Crippen LogP contribution is 2.27. The van der Waals surface area contributed by atoms with Crippen LogP contribution in [-0.4, -0.2) is 14.3 Å². The second-order valence-electron chi connectivity index (χ2n) is 5.94. The van der Waals surface area contributed by atoms with Crippen molar-refractivity contribution in [3.8, 4) is 0 Å². The molecule has 2 N–H and O–H groups in total. The first-order valence-electron chi connectivity index (χ1n) is 8.02. The molecular weight excluding hydrogens is 448 g/mol. The molecule has 1 amide bonds. The van der Waals surface area contributed by atoms with E-state index in [2.05, 4.69) is 26.0 Å². The Morgan fingerprint density at radius 1 is 1.00 bits per heavy atom. The van der Waals surface area contributed by atoms with E-state index in [9.17, 15) is 13.2 Å². The predicted molar refractivity (Wildman–Crippen MR) is 113 cm³/mol. The van der Waals surface area contributed by atoms with Gasteiger partial charge in [0.1, 0.15) is 4.21 Å². The Balaban J connectivity index is 1.73. The van der Waals surface area contributed by atoms with Crippen LogP contribution in [0, 0.1) is 13.8 Å². The van der Waals surface area contributed by atoms with E-state index in [0.29, 0.717) is 11.3 Å². The Morgan fingerprint density at radius 3 is 2.33 bits per heavy atom. The van der Waals surface area contributed by atoms with E-state index in [1.54, 1.807) is 30.3 Å². The number of carbonyl (C=O) groups is 1. The van der Waals surface area contributed by atoms with Crippen molar-refractivity contribution < 1.29 is 13.2 Å². The molecule has 0 saturated heterocycles. The van der Waals surface area contributed by atoms with Crippen molar-refractivity contribution in [1.29, 1.82) is 0 Å². The van der Waals surface area contributed by atoms with Gasteiger partial charge in [0.2, 0.25) is 0 Å². The molecule has 1 aromatic heterocycles. The number of anilines is 2. The number of nitrogens with one attached hydrogen (secondary N) is 2. The highest BCUT2D eigenvalue weighted by atomic mass is 79.9. The van der Waals surface area contributed by atoms with E-state index in [0.717, 1.165) is 31.9 Å². The highest BCUT2D eigenvalue weighted by Gasteiger charge is 2.17. The lowest BCUT2D eigenvalue weighted by Gasteiger charge is -2.11. The van der Waals surface area contributed by atoms with Crippen molar-refractivity contribution in [1.82, 2.24) is 0 Å². The zero-order valence-corrected chi connectivity index (χ0v) is 17.8. The Bertz CT molecular complexity index is 1090. The van der Waals surface area contributed by atoms with Gasteiger partial charge in [0.15, 0.2) is 0 Å². The number of thiophene rings is 1. The normalized spacial score (nSPS) is 11.2. The first kappa shape index (κ1) is 19.6. The second-order valence-corrected chi connectivity index (χ2v) is 10.3. The molecule has 140 valence electrons. The Kier molecular flexibility index (Phi) is 5.69. The van der Waals surface area contributed by atoms with E-state index in [1.807, 2.05) is 32.0 Å². The molecule has 27 heavy (non-hydrogen) atoms. The van der Waals surface area contributed by atoms with Crippen molar-refractivity contribution in [2.45, 2.75) is 18.1 Å². The monoisotopic (exact) mass is 464 g/mol. The molecule has 0 aliphatic rings. The summed E-state index contributed by atoms with van der Waals surface area (Å²) < 4.78 is 28.1. The summed E-state index contributed by atoms with van der Waals surface area (Å²) in [6.07, 6.45) is 0. The van der Waals surface area contributed by atoms with Crippen molar-refractivity contribution in [3.05, 3.63) is 75.1 Å². The SMILES string of the molecule is Cc1cccc(NC(=O)c2ccc(NS(=O)(=O)c3ccc(Br)s3)cc2)c1C. The maximum absolute atomic E-state index is 12.4. The van der Waals surface area contributed by atoms with Crippen molar-refractivity contribution in [2.75, 3.05) is 10.0 Å². The van der Waals surface area contributed by atoms with Crippen LogP contribution >= 0.6 is 27.3 Å². The van der Waals surface area contributed by atoms with Crippen LogP contribution in [0.15, 0.2) is 62.6 Å². The summed E-state index contributed by atoms with van der Waals surface area (Å²) >= 11 is 4.38. The van der Waals surface area contributed by atoms with Crippen molar-refractivity contribution in [3.63, 3.8) is 0 Å². The lowest BCUT2D eigenvalue weighted by Crippen LogP contribution is -2.14. The van der Waals surface area contributed by atoms with Gasteiger partial charge >= 0.3 is 0 Å². The molecule has 0 atom stereocenters. The van der Waals surface area contributed by atoms with Gasteiger partial charge < -0.3 is 5.32 Å². The number of sulfonamides is 1. The fraction of sp³-hybridized carbons (Fsp3) is 0.105. The minimum atomic E-state index is -3.65. The highest BCUT2D eigenvalue weighted by molar-refractivity contribution is 9.11. The molecule has 5 nitrogen and oxygen atoms in total. The summed E-state index contributed by atoms with van der Waals surface area (Å²) in [4.78, 5) is 12.4. The fourth-order valence-corrected chi connectivity index (χ4v) is 5.49. The molecular formula is C19H17BrN2O3S2. The molecule has 0 radical (unpaired) electrons. The maximum atomic E-state index is 12.4. The van der Waals surface area contributed by atoms with Crippen LogP contribution in [0.5, 0.6) is 0 Å². The summed E-state index contributed by atoms with van der Waals surface area (Å²) in [6, 6.07) is 15.2. The van der Waals surface area contributed by atoms with Crippen LogP contribution in [0.2, 0.25) is 0 Å². The van der Waals surface area contributed by atoms with Crippen LogP contribution in [0.25, 0.3) is 0 Å². The molecule has 0 unspecified atom stereocenters. The molecule has 0 bridgehead atoms. The van der Waals surface area contributed by atoms with Crippen LogP contribution in [-0.2, 0) is 10.0 Å². The molecule has 3 aromatic rings. The van der Waals surface area contributed by atoms with Gasteiger partial charge in [-0.15, -0.1) is 11.3 Å². The second kappa shape index (κ2) is 7.84. The van der Waals surface area contributed by atoms with Gasteiger partial charge in [0.25, 0.3) is 15.9 Å². The number of amides is 1. The van der Waals surface area contributed by atoms with Crippen LogP contribution in [0.3, 0.4) is 0 Å². The topological polar surface area (TPSA) is 75.3 Å². The summed E-state index contributed by atoms with van der Waals surface area (Å²) in [5.74, 6) is -0.250. The molecule has 0 saturated carbocycles. The molecule has 0 fully saturated rings. The van der Waals surface area contributed by atoms with Gasteiger partial charge in [-0.3, -0.25) is 9.52 Å². The average molecular weight is 465 g/mol. The third-order valence-electron chi connectivity index (χ3n) is 4.07. The van der Waals surface area contributed by atoms with Crippen LogP contribution < -0.4 is 10.0 Å². The first-order chi connectivity index (χ1) is 12.8. The van der Waals surface area contributed by atoms with Crippen molar-refractivity contribution >= 4 is 54.6 Å². The van der Waals surface area contributed by atoms with Gasteiger partial charge in [0, 0.05) is 16.9 Å². The largest absolute Gasteiger partial charge is 0.322 e. The number of hydrogen-bond acceptors (Lipinski definition) is 4. The molecule has 8 heteroatoms. The maximum Gasteiger partial charge on any atom is 0.271 e. The Labute approximate surface area is 170 Å². The van der Waals surface area contributed by atoms with Crippen molar-refractivity contribution in [2.24, 2.45) is 0 Å². The molecule has 1 heterocycles. The predicted octanol–water partition coefficient (Wildman–Crippen LogP) is 5.18. The quantitative estimate of drug-likeness (QED) is 0.545. The van der Waals surface area contributed by atoms with E-state index in [-0.39, 0.29) is 10.1 Å². The molecule has 0 aliphatic heterocycles. The van der Waals surface area contributed by atoms with Gasteiger partial charge in [-0.25, -0.2) is 8.42 Å². The number of halogens is 1. The first-order valence-corrected chi connectivity index (χ1v) is 11.1. The van der Waals surface area contributed by atoms with Gasteiger partial charge in [-0.2, -0.15) is 0 Å². The molecule has 3 rings (SSSR count). The fourth-order valence-electron chi connectivity index (χ4n) is 2.42. The van der Waals surface area contributed by atoms with E-state index in [4.69, 9.17) is 0 Å². The number of benzene rings is 2. The van der Waals surface area contributed by atoms with E-state index in [1.165, 1.54) is 6.07 Å². The van der Waals surface area contributed by atoms with Gasteiger partial charge in [-0.1, -0.05) is 12.1 Å². The lowest BCUT2D eigenvalue weighted by atomic mass is 10.1. The van der Waals surface area contributed by atoms with E-state index >= 15 is 0 Å². The minimum Gasteiger partial charge on any atom is -0.322 e. The third kappa shape index (κ3) is 4.58. The molecule has 0 spiro atoms. The average Bonchev–Trinajstić information content (AvgIpc) is 3.07. The van der Waals surface area contributed by atoms with Gasteiger partial charge in [0.05, 0.1) is 3.79 Å². The Morgan fingerprint density at radius 2 is 1.70 bits per heavy atom. The standard InChI is InChI=1S/C19H17BrN2O3S2/c1-12-4-3-5-16(13(12)2)21-19(23)14-6-8-15(9-7-14)22-27(24,25)18-11-10-17(20)26-18/h3-11,22H,1-2H3,(H,21,23). The number of aryl methyl sites for hydroxylation is 1. The summed E-state index contributed by atoms with van der Waals surface area (Å²) in [6.45, 7) is 3.93. The number of hydrogen-bond donors (Lipinski definition) is 2. The smallest absolute Gasteiger partial charge is 0.271 e. The molecule has 0 aliphatic carbocycles. The van der Waals surface area contributed by atoms with Crippen LogP contribution in [0.1, 0.15) is 21.5 Å². The number of rotatable bonds is 5. The Hall–Kier alpha value is -2.16. The van der Waals surface area contributed by atoms with E-state index < -0.39 is 10.0 Å². The summed E-state index contributed by atoms with van der Waals surface area (Å²) in [5.41, 5.74) is 3.70. The summed E-state index contributed by atoms with van der Waals surface area (Å²) in [7, 11) is -3.65. The number of carbonyl (C=O) groups excluding carboxylic acids is 1. The van der Waals surface area contributed by atoms with Gasteiger partial charge in [-0.05, 0) is 83.4 Å². The zero-order valence-electron chi connectivity index (χ0n) is 14.6. The lowest BCUT2D eigenvalue weighted by molar-refractivity contribution is 0.102. The molecule has 2 aromatic carbocycles. The minimum absolute atomic E-state index is 0.214. The van der Waals surface area contributed by atoms with Crippen LogP contribution in [0.4, 0.5) is 11.4 Å². The third-order valence-corrected chi connectivity index (χ3v) is 7.56. The summed E-state index contributed by atoms with van der Waals surface area (Å²) in [5, 5.41) is 2.88.